The van der Waals surface area contributed by atoms with Crippen LogP contribution in [0, 0.1) is 0 Å². The van der Waals surface area contributed by atoms with Crippen LogP contribution in [0.5, 0.6) is 11.5 Å². The van der Waals surface area contributed by atoms with Crippen LogP contribution in [0.4, 0.5) is 0 Å². The fourth-order valence-corrected chi connectivity index (χ4v) is 3.78. The van der Waals surface area contributed by atoms with Gasteiger partial charge in [0.25, 0.3) is 0 Å². The Morgan fingerprint density at radius 1 is 0.913 bits per heavy atom. The molecule has 0 heterocycles. The van der Waals surface area contributed by atoms with Gasteiger partial charge < -0.3 is 9.05 Å². The molecule has 3 nitrogen and oxygen atoms in total. The molecule has 0 bridgehead atoms. The third-order valence-electron chi connectivity index (χ3n) is 3.53. The van der Waals surface area contributed by atoms with Crippen LogP contribution in [0.3, 0.4) is 0 Å². The molecule has 2 aromatic carbocycles. The van der Waals surface area contributed by atoms with E-state index in [0.29, 0.717) is 11.5 Å². The smallest absolute Gasteiger partial charge is 0.416 e. The second-order valence-electron chi connectivity index (χ2n) is 5.19. The van der Waals surface area contributed by atoms with Crippen molar-refractivity contribution in [1.82, 2.24) is 0 Å². The van der Waals surface area contributed by atoms with Gasteiger partial charge in [0.15, 0.2) is 0 Å². The topological polar surface area (TPSA) is 35.5 Å². The van der Waals surface area contributed by atoms with Crippen LogP contribution in [0.25, 0.3) is 0 Å². The van der Waals surface area contributed by atoms with Gasteiger partial charge in [-0.15, -0.1) is 6.58 Å². The summed E-state index contributed by atoms with van der Waals surface area (Å²) in [6, 6.07) is 15.2. The molecule has 0 fully saturated rings. The molecular formula is C19H23O3P. The second-order valence-corrected chi connectivity index (χ2v) is 7.14. The predicted molar refractivity (Wildman–Crippen MR) is 95.6 cm³/mol. The van der Waals surface area contributed by atoms with E-state index in [1.165, 1.54) is 0 Å². The Hall–Kier alpha value is -1.99. The standard InChI is InChI=1S/C19H23O3P/c1-4-15-23(20,21-18-13-9-7-11-16(18)5-2)22-19-14-10-8-12-17(19)6-3/h4,7-14H,1,5-6,15H2,2-3H3. The minimum atomic E-state index is -3.36. The third kappa shape index (κ3) is 4.49. The first-order valence-corrected chi connectivity index (χ1v) is 9.59. The lowest BCUT2D eigenvalue weighted by atomic mass is 10.1. The molecule has 0 aliphatic rings. The fourth-order valence-electron chi connectivity index (χ4n) is 2.32. The lowest BCUT2D eigenvalue weighted by molar-refractivity contribution is 0.386. The SMILES string of the molecule is C=CCP(=O)(Oc1ccccc1CC)Oc1ccccc1CC. The van der Waals surface area contributed by atoms with E-state index in [4.69, 9.17) is 9.05 Å². The number of benzene rings is 2. The van der Waals surface area contributed by atoms with Crippen molar-refractivity contribution in [3.05, 3.63) is 72.3 Å². The van der Waals surface area contributed by atoms with E-state index in [9.17, 15) is 4.57 Å². The Morgan fingerprint density at radius 3 is 1.74 bits per heavy atom. The number of rotatable bonds is 8. The van der Waals surface area contributed by atoms with Crippen molar-refractivity contribution >= 4 is 7.60 Å². The Labute approximate surface area is 138 Å². The van der Waals surface area contributed by atoms with Crippen LogP contribution < -0.4 is 9.05 Å². The molecule has 0 radical (unpaired) electrons. The van der Waals surface area contributed by atoms with Crippen LogP contribution in [0.1, 0.15) is 25.0 Å². The summed E-state index contributed by atoms with van der Waals surface area (Å²) in [6.45, 7) is 7.75. The largest absolute Gasteiger partial charge is 0.434 e. The van der Waals surface area contributed by atoms with Crippen LogP contribution in [-0.4, -0.2) is 6.16 Å². The number of para-hydroxylation sites is 2. The zero-order chi connectivity index (χ0) is 16.7. The highest BCUT2D eigenvalue weighted by molar-refractivity contribution is 7.54. The normalized spacial score (nSPS) is 11.0. The van der Waals surface area contributed by atoms with Crippen molar-refractivity contribution in [3.8, 4) is 11.5 Å². The van der Waals surface area contributed by atoms with Gasteiger partial charge in [0.1, 0.15) is 11.5 Å². The van der Waals surface area contributed by atoms with Gasteiger partial charge in [-0.25, -0.2) is 4.57 Å². The fraction of sp³-hybridized carbons (Fsp3) is 0.263. The van der Waals surface area contributed by atoms with Crippen molar-refractivity contribution in [2.24, 2.45) is 0 Å². The van der Waals surface area contributed by atoms with Gasteiger partial charge in [-0.3, -0.25) is 0 Å². The van der Waals surface area contributed by atoms with Crippen LogP contribution >= 0.6 is 7.60 Å². The van der Waals surface area contributed by atoms with Gasteiger partial charge in [-0.05, 0) is 36.1 Å². The van der Waals surface area contributed by atoms with Gasteiger partial charge >= 0.3 is 7.60 Å². The maximum Gasteiger partial charge on any atom is 0.434 e. The predicted octanol–water partition coefficient (Wildman–Crippen LogP) is 5.65. The van der Waals surface area contributed by atoms with E-state index in [0.717, 1.165) is 24.0 Å². The highest BCUT2D eigenvalue weighted by Crippen LogP contribution is 2.49. The van der Waals surface area contributed by atoms with Crippen LogP contribution in [-0.2, 0) is 17.4 Å². The lowest BCUT2D eigenvalue weighted by Gasteiger charge is -2.21. The molecule has 0 aliphatic carbocycles. The molecule has 0 amide bonds. The summed E-state index contributed by atoms with van der Waals surface area (Å²) in [5, 5.41) is 0. The molecule has 0 spiro atoms. The molecule has 0 atom stereocenters. The number of allylic oxidation sites excluding steroid dienone is 1. The summed E-state index contributed by atoms with van der Waals surface area (Å²) in [5.41, 5.74) is 2.01. The first-order valence-electron chi connectivity index (χ1n) is 7.86. The molecule has 0 N–H and O–H groups in total. The molecule has 23 heavy (non-hydrogen) atoms. The molecule has 2 aromatic rings. The molecule has 0 saturated heterocycles. The number of aryl methyl sites for hydroxylation is 2. The quantitative estimate of drug-likeness (QED) is 0.463. The van der Waals surface area contributed by atoms with Crippen molar-refractivity contribution < 1.29 is 13.6 Å². The molecule has 0 aromatic heterocycles. The average Bonchev–Trinajstić information content (AvgIpc) is 2.56. The van der Waals surface area contributed by atoms with Crippen LogP contribution in [0.15, 0.2) is 61.2 Å². The number of hydrogen-bond acceptors (Lipinski definition) is 3. The summed E-state index contributed by atoms with van der Waals surface area (Å²) in [6.07, 6.45) is 3.33. The van der Waals surface area contributed by atoms with Gasteiger partial charge in [0.05, 0.1) is 6.16 Å². The Kier molecular flexibility index (Phi) is 6.06. The molecule has 0 unspecified atom stereocenters. The third-order valence-corrected chi connectivity index (χ3v) is 5.19. The maximum absolute atomic E-state index is 13.2. The summed E-state index contributed by atoms with van der Waals surface area (Å²) in [4.78, 5) is 0. The second kappa shape index (κ2) is 8.03. The highest BCUT2D eigenvalue weighted by Gasteiger charge is 2.28. The van der Waals surface area contributed by atoms with Gasteiger partial charge in [-0.1, -0.05) is 56.3 Å². The van der Waals surface area contributed by atoms with E-state index in [1.807, 2.05) is 62.4 Å². The molecule has 4 heteroatoms. The summed E-state index contributed by atoms with van der Waals surface area (Å²) in [5.74, 6) is 1.21. The first-order chi connectivity index (χ1) is 11.1. The van der Waals surface area contributed by atoms with Crippen molar-refractivity contribution in [1.29, 1.82) is 0 Å². The number of hydrogen-bond donors (Lipinski definition) is 0. The monoisotopic (exact) mass is 330 g/mol. The molecule has 2 rings (SSSR count). The summed E-state index contributed by atoms with van der Waals surface area (Å²) in [7, 11) is -3.36. The molecule has 122 valence electrons. The lowest BCUT2D eigenvalue weighted by Crippen LogP contribution is -2.06. The van der Waals surface area contributed by atoms with E-state index >= 15 is 0 Å². The molecule has 0 aliphatic heterocycles. The minimum Gasteiger partial charge on any atom is -0.416 e. The Balaban J connectivity index is 2.32. The zero-order valence-electron chi connectivity index (χ0n) is 13.7. The molecule has 0 saturated carbocycles. The average molecular weight is 330 g/mol. The molecular weight excluding hydrogens is 307 g/mol. The van der Waals surface area contributed by atoms with Crippen molar-refractivity contribution in [2.75, 3.05) is 6.16 Å². The first kappa shape index (κ1) is 17.4. The summed E-state index contributed by atoms with van der Waals surface area (Å²) >= 11 is 0. The maximum atomic E-state index is 13.2. The van der Waals surface area contributed by atoms with Crippen molar-refractivity contribution in [2.45, 2.75) is 26.7 Å². The van der Waals surface area contributed by atoms with Crippen LogP contribution in [0.2, 0.25) is 0 Å². The van der Waals surface area contributed by atoms with Gasteiger partial charge in [0, 0.05) is 0 Å². The Bertz CT molecular complexity index is 656. The summed E-state index contributed by atoms with van der Waals surface area (Å²) < 4.78 is 24.8. The zero-order valence-corrected chi connectivity index (χ0v) is 14.6. The van der Waals surface area contributed by atoms with E-state index in [2.05, 4.69) is 6.58 Å². The van der Waals surface area contributed by atoms with Gasteiger partial charge in [0.2, 0.25) is 0 Å². The highest BCUT2D eigenvalue weighted by atomic mass is 31.2. The Morgan fingerprint density at radius 2 is 1.35 bits per heavy atom. The van der Waals surface area contributed by atoms with E-state index < -0.39 is 7.60 Å². The minimum absolute atomic E-state index is 0.156. The van der Waals surface area contributed by atoms with E-state index in [1.54, 1.807) is 6.08 Å². The van der Waals surface area contributed by atoms with E-state index in [-0.39, 0.29) is 6.16 Å². The van der Waals surface area contributed by atoms with Gasteiger partial charge in [-0.2, -0.15) is 0 Å². The van der Waals surface area contributed by atoms with Crippen molar-refractivity contribution in [3.63, 3.8) is 0 Å².